The van der Waals surface area contributed by atoms with Gasteiger partial charge < -0.3 is 10.1 Å². The SMILES string of the molecule is CC(C)NCc1ccccc1S(=O)(=O)NN1CCOCC1. The Morgan fingerprint density at radius 1 is 1.24 bits per heavy atom. The zero-order chi connectivity index (χ0) is 15.3. The number of rotatable bonds is 6. The summed E-state index contributed by atoms with van der Waals surface area (Å²) in [5, 5.41) is 4.94. The van der Waals surface area contributed by atoms with E-state index in [4.69, 9.17) is 4.74 Å². The molecule has 1 heterocycles. The number of nitrogens with zero attached hydrogens (tertiary/aromatic N) is 1. The largest absolute Gasteiger partial charge is 0.379 e. The van der Waals surface area contributed by atoms with Crippen LogP contribution in [-0.2, 0) is 21.3 Å². The molecular formula is C14H23N3O3S. The number of hydrogen-bond donors (Lipinski definition) is 2. The van der Waals surface area contributed by atoms with Crippen LogP contribution in [0.3, 0.4) is 0 Å². The first-order valence-electron chi connectivity index (χ1n) is 7.15. The molecule has 0 unspecified atom stereocenters. The molecule has 1 aliphatic rings. The molecule has 2 N–H and O–H groups in total. The van der Waals surface area contributed by atoms with Crippen LogP contribution >= 0.6 is 0 Å². The molecule has 1 aliphatic heterocycles. The van der Waals surface area contributed by atoms with Crippen LogP contribution in [0.15, 0.2) is 29.2 Å². The van der Waals surface area contributed by atoms with Crippen molar-refractivity contribution in [3.8, 4) is 0 Å². The number of morpholine rings is 1. The maximum absolute atomic E-state index is 12.5. The van der Waals surface area contributed by atoms with E-state index >= 15 is 0 Å². The third-order valence-corrected chi connectivity index (χ3v) is 4.70. The molecule has 0 atom stereocenters. The lowest BCUT2D eigenvalue weighted by atomic mass is 10.2. The maximum atomic E-state index is 12.5. The van der Waals surface area contributed by atoms with Crippen molar-refractivity contribution >= 4 is 10.0 Å². The quantitative estimate of drug-likeness (QED) is 0.809. The van der Waals surface area contributed by atoms with Gasteiger partial charge in [0.25, 0.3) is 10.0 Å². The fraction of sp³-hybridized carbons (Fsp3) is 0.571. The van der Waals surface area contributed by atoms with Crippen molar-refractivity contribution in [3.63, 3.8) is 0 Å². The van der Waals surface area contributed by atoms with Gasteiger partial charge in [-0.05, 0) is 11.6 Å². The summed E-state index contributed by atoms with van der Waals surface area (Å²) in [6, 6.07) is 7.37. The Hall–Kier alpha value is -0.990. The van der Waals surface area contributed by atoms with Crippen molar-refractivity contribution in [2.75, 3.05) is 26.3 Å². The second-order valence-electron chi connectivity index (χ2n) is 5.34. The molecule has 0 amide bonds. The fourth-order valence-electron chi connectivity index (χ4n) is 2.10. The molecule has 1 aromatic rings. The van der Waals surface area contributed by atoms with E-state index in [1.54, 1.807) is 17.1 Å². The fourth-order valence-corrected chi connectivity index (χ4v) is 3.46. The average Bonchev–Trinajstić information content (AvgIpc) is 2.46. The highest BCUT2D eigenvalue weighted by Crippen LogP contribution is 2.16. The van der Waals surface area contributed by atoms with E-state index in [1.165, 1.54) is 0 Å². The molecule has 0 radical (unpaired) electrons. The molecular weight excluding hydrogens is 290 g/mol. The van der Waals surface area contributed by atoms with E-state index in [0.29, 0.717) is 43.8 Å². The van der Waals surface area contributed by atoms with E-state index < -0.39 is 10.0 Å². The van der Waals surface area contributed by atoms with Gasteiger partial charge in [0.15, 0.2) is 0 Å². The van der Waals surface area contributed by atoms with Crippen LogP contribution in [0.4, 0.5) is 0 Å². The third-order valence-electron chi connectivity index (χ3n) is 3.22. The molecule has 0 aromatic heterocycles. The number of hydrogen-bond acceptors (Lipinski definition) is 5. The average molecular weight is 313 g/mol. The van der Waals surface area contributed by atoms with Crippen molar-refractivity contribution in [2.24, 2.45) is 0 Å². The monoisotopic (exact) mass is 313 g/mol. The standard InChI is InChI=1S/C14H23N3O3S/c1-12(2)15-11-13-5-3-4-6-14(13)21(18,19)16-17-7-9-20-10-8-17/h3-6,12,15-16H,7-11H2,1-2H3. The number of sulfonamides is 1. The Bertz CT molecular complexity index is 554. The van der Waals surface area contributed by atoms with Gasteiger partial charge in [0, 0.05) is 25.7 Å². The van der Waals surface area contributed by atoms with Gasteiger partial charge in [0.05, 0.1) is 18.1 Å². The minimum Gasteiger partial charge on any atom is -0.379 e. The van der Waals surface area contributed by atoms with Crippen LogP contribution in [-0.4, -0.2) is 45.8 Å². The van der Waals surface area contributed by atoms with Gasteiger partial charge in [-0.25, -0.2) is 13.4 Å². The first-order valence-corrected chi connectivity index (χ1v) is 8.64. The highest BCUT2D eigenvalue weighted by Gasteiger charge is 2.22. The van der Waals surface area contributed by atoms with E-state index in [-0.39, 0.29) is 0 Å². The Morgan fingerprint density at radius 2 is 1.90 bits per heavy atom. The summed E-state index contributed by atoms with van der Waals surface area (Å²) in [4.78, 5) is 2.96. The summed E-state index contributed by atoms with van der Waals surface area (Å²) in [5.74, 6) is 0. The van der Waals surface area contributed by atoms with Crippen LogP contribution in [0, 0.1) is 0 Å². The zero-order valence-electron chi connectivity index (χ0n) is 12.5. The first-order chi connectivity index (χ1) is 9.99. The van der Waals surface area contributed by atoms with Gasteiger partial charge in [-0.1, -0.05) is 32.0 Å². The minimum atomic E-state index is -3.56. The van der Waals surface area contributed by atoms with E-state index in [2.05, 4.69) is 10.1 Å². The van der Waals surface area contributed by atoms with Gasteiger partial charge >= 0.3 is 0 Å². The number of hydrazine groups is 1. The smallest absolute Gasteiger partial charge is 0.253 e. The summed E-state index contributed by atoms with van der Waals surface area (Å²) in [5.41, 5.74) is 0.770. The van der Waals surface area contributed by atoms with Crippen LogP contribution in [0.2, 0.25) is 0 Å². The molecule has 0 spiro atoms. The molecule has 1 saturated heterocycles. The van der Waals surface area contributed by atoms with Crippen molar-refractivity contribution < 1.29 is 13.2 Å². The topological polar surface area (TPSA) is 70.7 Å². The predicted octanol–water partition coefficient (Wildman–Crippen LogP) is 0.710. The molecule has 21 heavy (non-hydrogen) atoms. The summed E-state index contributed by atoms with van der Waals surface area (Å²) in [7, 11) is -3.56. The molecule has 118 valence electrons. The van der Waals surface area contributed by atoms with Crippen molar-refractivity contribution in [1.29, 1.82) is 0 Å². The Balaban J connectivity index is 2.14. The summed E-state index contributed by atoms with van der Waals surface area (Å²) < 4.78 is 30.3. The third kappa shape index (κ3) is 4.76. The molecule has 0 aliphatic carbocycles. The summed E-state index contributed by atoms with van der Waals surface area (Å²) in [6.45, 7) is 6.79. The number of ether oxygens (including phenoxy) is 1. The lowest BCUT2D eigenvalue weighted by Gasteiger charge is -2.27. The second-order valence-corrected chi connectivity index (χ2v) is 6.97. The predicted molar refractivity (Wildman–Crippen MR) is 81.1 cm³/mol. The molecule has 1 aromatic carbocycles. The van der Waals surface area contributed by atoms with Gasteiger partial charge in [0.1, 0.15) is 0 Å². The number of benzene rings is 1. The summed E-state index contributed by atoms with van der Waals surface area (Å²) in [6.07, 6.45) is 0. The van der Waals surface area contributed by atoms with Crippen molar-refractivity contribution in [3.05, 3.63) is 29.8 Å². The molecule has 2 rings (SSSR count). The van der Waals surface area contributed by atoms with Crippen LogP contribution < -0.4 is 10.1 Å². The van der Waals surface area contributed by atoms with Crippen molar-refractivity contribution in [1.82, 2.24) is 15.2 Å². The molecule has 0 saturated carbocycles. The van der Waals surface area contributed by atoms with Gasteiger partial charge in [0.2, 0.25) is 0 Å². The highest BCUT2D eigenvalue weighted by molar-refractivity contribution is 7.89. The second kappa shape index (κ2) is 7.33. The minimum absolute atomic E-state index is 0.299. The van der Waals surface area contributed by atoms with E-state index in [9.17, 15) is 8.42 Å². The lowest BCUT2D eigenvalue weighted by Crippen LogP contribution is -2.48. The number of nitrogens with one attached hydrogen (secondary N) is 2. The normalized spacial score (nSPS) is 17.3. The van der Waals surface area contributed by atoms with E-state index in [0.717, 1.165) is 5.56 Å². The highest BCUT2D eigenvalue weighted by atomic mass is 32.2. The van der Waals surface area contributed by atoms with Crippen molar-refractivity contribution in [2.45, 2.75) is 31.3 Å². The maximum Gasteiger partial charge on any atom is 0.253 e. The Kier molecular flexibility index (Phi) is 5.72. The van der Waals surface area contributed by atoms with Gasteiger partial charge in [-0.3, -0.25) is 0 Å². The molecule has 6 nitrogen and oxygen atoms in total. The first kappa shape index (κ1) is 16.4. The van der Waals surface area contributed by atoms with Gasteiger partial charge in [-0.2, -0.15) is 0 Å². The molecule has 1 fully saturated rings. The summed E-state index contributed by atoms with van der Waals surface area (Å²) >= 11 is 0. The lowest BCUT2D eigenvalue weighted by molar-refractivity contribution is 0.0272. The Morgan fingerprint density at radius 3 is 2.57 bits per heavy atom. The van der Waals surface area contributed by atoms with Gasteiger partial charge in [-0.15, -0.1) is 4.83 Å². The molecule has 0 bridgehead atoms. The molecule has 7 heteroatoms. The van der Waals surface area contributed by atoms with Crippen LogP contribution in [0.25, 0.3) is 0 Å². The zero-order valence-corrected chi connectivity index (χ0v) is 13.3. The Labute approximate surface area is 126 Å². The van der Waals surface area contributed by atoms with Crippen LogP contribution in [0.5, 0.6) is 0 Å². The van der Waals surface area contributed by atoms with E-state index in [1.807, 2.05) is 26.0 Å². The van der Waals surface area contributed by atoms with Crippen LogP contribution in [0.1, 0.15) is 19.4 Å².